The molecule has 1 aromatic heterocycles. The van der Waals surface area contributed by atoms with Crippen LogP contribution in [0, 0.1) is 0 Å². The standard InChI is InChI=1S/C17H22N2O6/c1-17(2,3)25-15(21)18-7-8-23-10-13(20)11-5-6-12-14(9-11)24-16(22)19(12)4/h5-6,9H,7-8,10H2,1-4H3,(H,18,21). The molecule has 0 atom stereocenters. The van der Waals surface area contributed by atoms with Crippen molar-refractivity contribution in [1.29, 1.82) is 0 Å². The molecule has 0 aliphatic carbocycles. The molecule has 2 aromatic rings. The SMILES string of the molecule is Cn1c(=O)oc2cc(C(=O)COCCNC(=O)OC(C)(C)C)ccc21. The Balaban J connectivity index is 1.79. The molecular weight excluding hydrogens is 328 g/mol. The zero-order valence-corrected chi connectivity index (χ0v) is 14.8. The smallest absolute Gasteiger partial charge is 0.419 e. The molecular formula is C17H22N2O6. The minimum Gasteiger partial charge on any atom is -0.444 e. The lowest BCUT2D eigenvalue weighted by atomic mass is 10.1. The summed E-state index contributed by atoms with van der Waals surface area (Å²) in [5.74, 6) is -0.727. The van der Waals surface area contributed by atoms with Gasteiger partial charge in [0.1, 0.15) is 12.2 Å². The summed E-state index contributed by atoms with van der Waals surface area (Å²) >= 11 is 0. The number of hydrogen-bond acceptors (Lipinski definition) is 6. The van der Waals surface area contributed by atoms with Gasteiger partial charge in [-0.05, 0) is 39.0 Å². The molecule has 25 heavy (non-hydrogen) atoms. The number of hydrogen-bond donors (Lipinski definition) is 1. The average Bonchev–Trinajstić information content (AvgIpc) is 2.79. The van der Waals surface area contributed by atoms with Crippen LogP contribution in [0.15, 0.2) is 27.4 Å². The van der Waals surface area contributed by atoms with E-state index in [1.165, 1.54) is 10.6 Å². The van der Waals surface area contributed by atoms with E-state index >= 15 is 0 Å². The predicted octanol–water partition coefficient (Wildman–Crippen LogP) is 1.86. The lowest BCUT2D eigenvalue weighted by Gasteiger charge is -2.19. The maximum Gasteiger partial charge on any atom is 0.419 e. The first-order valence-corrected chi connectivity index (χ1v) is 7.85. The summed E-state index contributed by atoms with van der Waals surface area (Å²) in [6, 6.07) is 4.78. The second kappa shape index (κ2) is 7.52. The third-order valence-electron chi connectivity index (χ3n) is 3.26. The summed E-state index contributed by atoms with van der Waals surface area (Å²) < 4.78 is 16.7. The number of rotatable bonds is 6. The fraction of sp³-hybridized carbons (Fsp3) is 0.471. The van der Waals surface area contributed by atoms with E-state index in [1.807, 2.05) is 0 Å². The minimum absolute atomic E-state index is 0.140. The monoisotopic (exact) mass is 350 g/mol. The Morgan fingerprint density at radius 3 is 2.68 bits per heavy atom. The van der Waals surface area contributed by atoms with Gasteiger partial charge in [0.15, 0.2) is 11.4 Å². The van der Waals surface area contributed by atoms with Gasteiger partial charge in [-0.1, -0.05) is 0 Å². The van der Waals surface area contributed by atoms with Crippen LogP contribution in [0.3, 0.4) is 0 Å². The number of aryl methyl sites for hydroxylation is 1. The molecule has 1 amide bonds. The zero-order valence-electron chi connectivity index (χ0n) is 14.8. The molecule has 136 valence electrons. The molecule has 2 rings (SSSR count). The van der Waals surface area contributed by atoms with Gasteiger partial charge >= 0.3 is 11.8 Å². The van der Waals surface area contributed by atoms with Crippen molar-refractivity contribution in [2.45, 2.75) is 26.4 Å². The number of fused-ring (bicyclic) bond motifs is 1. The van der Waals surface area contributed by atoms with Crippen LogP contribution < -0.4 is 11.1 Å². The number of oxazole rings is 1. The number of ketones is 1. The summed E-state index contributed by atoms with van der Waals surface area (Å²) in [5.41, 5.74) is 0.794. The van der Waals surface area contributed by atoms with E-state index in [0.717, 1.165) is 0 Å². The first kappa shape index (κ1) is 18.7. The first-order chi connectivity index (χ1) is 11.7. The third-order valence-corrected chi connectivity index (χ3v) is 3.26. The van der Waals surface area contributed by atoms with Crippen molar-refractivity contribution in [3.63, 3.8) is 0 Å². The Morgan fingerprint density at radius 2 is 2.00 bits per heavy atom. The lowest BCUT2D eigenvalue weighted by molar-refractivity contribution is 0.0498. The quantitative estimate of drug-likeness (QED) is 0.630. The van der Waals surface area contributed by atoms with Gasteiger partial charge in [0.05, 0.1) is 12.1 Å². The average molecular weight is 350 g/mol. The second-order valence-corrected chi connectivity index (χ2v) is 6.51. The van der Waals surface area contributed by atoms with Crippen LogP contribution in [0.25, 0.3) is 11.1 Å². The molecule has 0 aliphatic heterocycles. The molecule has 0 bridgehead atoms. The number of aromatic nitrogens is 1. The maximum absolute atomic E-state index is 12.1. The summed E-state index contributed by atoms with van der Waals surface area (Å²) in [7, 11) is 1.59. The number of nitrogens with one attached hydrogen (secondary N) is 1. The first-order valence-electron chi connectivity index (χ1n) is 7.85. The summed E-state index contributed by atoms with van der Waals surface area (Å²) in [6.07, 6.45) is -0.535. The number of Topliss-reactive ketones (excluding diaryl/α,β-unsaturated/α-hetero) is 1. The fourth-order valence-electron chi connectivity index (χ4n) is 2.09. The molecule has 0 saturated heterocycles. The molecule has 8 heteroatoms. The van der Waals surface area contributed by atoms with Gasteiger partial charge in [-0.25, -0.2) is 9.59 Å². The highest BCUT2D eigenvalue weighted by Crippen LogP contribution is 2.14. The van der Waals surface area contributed by atoms with E-state index in [0.29, 0.717) is 16.7 Å². The Hall–Kier alpha value is -2.61. The molecule has 0 saturated carbocycles. The van der Waals surface area contributed by atoms with Crippen molar-refractivity contribution in [3.05, 3.63) is 34.3 Å². The summed E-state index contributed by atoms with van der Waals surface area (Å²) in [5, 5.41) is 2.54. The molecule has 0 fully saturated rings. The number of carbonyl (C=O) groups is 2. The predicted molar refractivity (Wildman–Crippen MR) is 90.8 cm³/mol. The van der Waals surface area contributed by atoms with Gasteiger partial charge in [0, 0.05) is 19.2 Å². The Kier molecular flexibility index (Phi) is 5.63. The van der Waals surface area contributed by atoms with E-state index in [4.69, 9.17) is 13.9 Å². The maximum atomic E-state index is 12.1. The largest absolute Gasteiger partial charge is 0.444 e. The van der Waals surface area contributed by atoms with Gasteiger partial charge in [-0.2, -0.15) is 0 Å². The highest BCUT2D eigenvalue weighted by Gasteiger charge is 2.15. The Bertz CT molecular complexity index is 828. The third kappa shape index (κ3) is 5.18. The van der Waals surface area contributed by atoms with E-state index in [1.54, 1.807) is 40.0 Å². The zero-order chi connectivity index (χ0) is 18.6. The van der Waals surface area contributed by atoms with Crippen LogP contribution in [-0.4, -0.2) is 41.8 Å². The summed E-state index contributed by atoms with van der Waals surface area (Å²) in [6.45, 7) is 5.58. The van der Waals surface area contributed by atoms with Gasteiger partial charge in [0.25, 0.3) is 0 Å². The van der Waals surface area contributed by atoms with Crippen molar-refractivity contribution >= 4 is 23.0 Å². The van der Waals surface area contributed by atoms with Crippen LogP contribution in [-0.2, 0) is 16.5 Å². The second-order valence-electron chi connectivity index (χ2n) is 6.51. The number of nitrogens with zero attached hydrogens (tertiary/aromatic N) is 1. The molecule has 1 N–H and O–H groups in total. The number of ether oxygens (including phenoxy) is 2. The van der Waals surface area contributed by atoms with Crippen LogP contribution in [0.5, 0.6) is 0 Å². The minimum atomic E-state index is -0.563. The molecule has 1 heterocycles. The van der Waals surface area contributed by atoms with Crippen LogP contribution in [0.2, 0.25) is 0 Å². The molecule has 0 unspecified atom stereocenters. The number of carbonyl (C=O) groups excluding carboxylic acids is 2. The Labute approximate surface area is 144 Å². The fourth-order valence-corrected chi connectivity index (χ4v) is 2.09. The van der Waals surface area contributed by atoms with Crippen LogP contribution in [0.4, 0.5) is 4.79 Å². The highest BCUT2D eigenvalue weighted by atomic mass is 16.6. The van der Waals surface area contributed by atoms with Crippen molar-refractivity contribution < 1.29 is 23.5 Å². The normalized spacial score (nSPS) is 11.5. The van der Waals surface area contributed by atoms with Crippen molar-refractivity contribution in [2.75, 3.05) is 19.8 Å². The number of benzene rings is 1. The van der Waals surface area contributed by atoms with E-state index in [2.05, 4.69) is 5.32 Å². The Morgan fingerprint density at radius 1 is 1.28 bits per heavy atom. The van der Waals surface area contributed by atoms with E-state index in [9.17, 15) is 14.4 Å². The molecule has 0 radical (unpaired) electrons. The summed E-state index contributed by atoms with van der Waals surface area (Å²) in [4.78, 5) is 35.0. The van der Waals surface area contributed by atoms with Crippen molar-refractivity contribution in [1.82, 2.24) is 9.88 Å². The molecule has 1 aromatic carbocycles. The topological polar surface area (TPSA) is 99.8 Å². The van der Waals surface area contributed by atoms with Crippen LogP contribution >= 0.6 is 0 Å². The molecule has 0 spiro atoms. The number of alkyl carbamates (subject to hydrolysis) is 1. The molecule has 0 aliphatic rings. The van der Waals surface area contributed by atoms with Crippen LogP contribution in [0.1, 0.15) is 31.1 Å². The van der Waals surface area contributed by atoms with E-state index in [-0.39, 0.29) is 25.5 Å². The van der Waals surface area contributed by atoms with Crippen molar-refractivity contribution in [3.8, 4) is 0 Å². The lowest BCUT2D eigenvalue weighted by Crippen LogP contribution is -2.34. The molecule has 8 nitrogen and oxygen atoms in total. The van der Waals surface area contributed by atoms with Gasteiger partial charge < -0.3 is 19.2 Å². The number of amides is 1. The van der Waals surface area contributed by atoms with Gasteiger partial charge in [-0.3, -0.25) is 9.36 Å². The van der Waals surface area contributed by atoms with Crippen molar-refractivity contribution in [2.24, 2.45) is 7.05 Å². The van der Waals surface area contributed by atoms with E-state index < -0.39 is 17.5 Å². The highest BCUT2D eigenvalue weighted by molar-refractivity contribution is 5.99. The van der Waals surface area contributed by atoms with Gasteiger partial charge in [-0.15, -0.1) is 0 Å². The van der Waals surface area contributed by atoms with Gasteiger partial charge in [0.2, 0.25) is 0 Å².